The number of benzene rings is 2. The van der Waals surface area contributed by atoms with Gasteiger partial charge in [-0.1, -0.05) is 35.9 Å². The lowest BCUT2D eigenvalue weighted by atomic mass is 10.1. The molecule has 1 aliphatic heterocycles. The molecule has 132 valence electrons. The molecule has 1 amide bonds. The van der Waals surface area contributed by atoms with Crippen LogP contribution in [0.3, 0.4) is 0 Å². The van der Waals surface area contributed by atoms with Gasteiger partial charge in [-0.2, -0.15) is 0 Å². The predicted octanol–water partition coefficient (Wildman–Crippen LogP) is 3.43. The highest BCUT2D eigenvalue weighted by Crippen LogP contribution is 2.17. The number of hydrogen-bond acceptors (Lipinski definition) is 3. The van der Waals surface area contributed by atoms with Crippen molar-refractivity contribution in [2.75, 3.05) is 31.2 Å². The van der Waals surface area contributed by atoms with Crippen LogP contribution >= 0.6 is 11.6 Å². The Morgan fingerprint density at radius 2 is 1.64 bits per heavy atom. The minimum Gasteiger partial charge on any atom is -0.378 e. The number of amides is 1. The zero-order valence-corrected chi connectivity index (χ0v) is 15.0. The molecular weight excluding hydrogens is 336 g/mol. The highest BCUT2D eigenvalue weighted by molar-refractivity contribution is 6.30. The Kier molecular flexibility index (Phi) is 6.31. The first-order valence-corrected chi connectivity index (χ1v) is 9.01. The number of hydrogen-bond donors (Lipinski definition) is 1. The highest BCUT2D eigenvalue weighted by Gasteiger charge is 2.11. The Hall–Kier alpha value is -2.04. The van der Waals surface area contributed by atoms with E-state index in [-0.39, 0.29) is 5.91 Å². The number of nitrogens with one attached hydrogen (secondary N) is 1. The normalized spacial score (nSPS) is 14.4. The standard InChI is InChI=1S/C20H23ClN2O2/c21-18-6-1-17(2-7-18)15-22-20(24)10-5-16-3-8-19(9-4-16)23-11-13-25-14-12-23/h1-4,6-9H,5,10-15H2,(H,22,24). The third kappa shape index (κ3) is 5.48. The second-order valence-electron chi connectivity index (χ2n) is 6.17. The van der Waals surface area contributed by atoms with E-state index in [1.54, 1.807) is 0 Å². The molecule has 1 saturated heterocycles. The number of halogens is 1. The van der Waals surface area contributed by atoms with E-state index in [2.05, 4.69) is 34.5 Å². The van der Waals surface area contributed by atoms with Crippen LogP contribution in [0.2, 0.25) is 5.02 Å². The van der Waals surface area contributed by atoms with Crippen molar-refractivity contribution in [3.05, 3.63) is 64.7 Å². The van der Waals surface area contributed by atoms with Gasteiger partial charge in [0.1, 0.15) is 0 Å². The summed E-state index contributed by atoms with van der Waals surface area (Å²) in [6, 6.07) is 16.0. The van der Waals surface area contributed by atoms with Gasteiger partial charge in [0.25, 0.3) is 0 Å². The van der Waals surface area contributed by atoms with Crippen molar-refractivity contribution >= 4 is 23.2 Å². The molecule has 0 atom stereocenters. The zero-order valence-electron chi connectivity index (χ0n) is 14.2. The first-order valence-electron chi connectivity index (χ1n) is 8.63. The van der Waals surface area contributed by atoms with Gasteiger partial charge >= 0.3 is 0 Å². The maximum absolute atomic E-state index is 12.0. The fraction of sp³-hybridized carbons (Fsp3) is 0.350. The lowest BCUT2D eigenvalue weighted by molar-refractivity contribution is -0.121. The summed E-state index contributed by atoms with van der Waals surface area (Å²) in [6.45, 7) is 3.98. The Bertz CT molecular complexity index is 680. The summed E-state index contributed by atoms with van der Waals surface area (Å²) in [7, 11) is 0. The van der Waals surface area contributed by atoms with E-state index >= 15 is 0 Å². The summed E-state index contributed by atoms with van der Waals surface area (Å²) in [5.41, 5.74) is 3.45. The van der Waals surface area contributed by atoms with Gasteiger partial charge in [0, 0.05) is 36.8 Å². The monoisotopic (exact) mass is 358 g/mol. The summed E-state index contributed by atoms with van der Waals surface area (Å²) in [4.78, 5) is 14.3. The van der Waals surface area contributed by atoms with Gasteiger partial charge in [-0.05, 0) is 41.8 Å². The number of nitrogens with zero attached hydrogens (tertiary/aromatic N) is 1. The average molecular weight is 359 g/mol. The van der Waals surface area contributed by atoms with Crippen LogP contribution in [0.4, 0.5) is 5.69 Å². The molecule has 0 spiro atoms. The van der Waals surface area contributed by atoms with Crippen LogP contribution in [0.15, 0.2) is 48.5 Å². The Morgan fingerprint density at radius 3 is 2.32 bits per heavy atom. The van der Waals surface area contributed by atoms with Crippen molar-refractivity contribution in [3.8, 4) is 0 Å². The number of anilines is 1. The molecule has 25 heavy (non-hydrogen) atoms. The van der Waals surface area contributed by atoms with E-state index < -0.39 is 0 Å². The molecule has 0 unspecified atom stereocenters. The predicted molar refractivity (Wildman–Crippen MR) is 101 cm³/mol. The van der Waals surface area contributed by atoms with Crippen molar-refractivity contribution in [2.24, 2.45) is 0 Å². The molecular formula is C20H23ClN2O2. The van der Waals surface area contributed by atoms with Gasteiger partial charge in [0.2, 0.25) is 5.91 Å². The molecule has 0 bridgehead atoms. The van der Waals surface area contributed by atoms with Gasteiger partial charge in [0.05, 0.1) is 13.2 Å². The second-order valence-corrected chi connectivity index (χ2v) is 6.61. The van der Waals surface area contributed by atoms with Crippen molar-refractivity contribution in [3.63, 3.8) is 0 Å². The van der Waals surface area contributed by atoms with E-state index in [4.69, 9.17) is 16.3 Å². The molecule has 1 fully saturated rings. The molecule has 3 rings (SSSR count). The molecule has 0 saturated carbocycles. The zero-order chi connectivity index (χ0) is 17.5. The van der Waals surface area contributed by atoms with Gasteiger partial charge in [-0.3, -0.25) is 4.79 Å². The SMILES string of the molecule is O=C(CCc1ccc(N2CCOCC2)cc1)NCc1ccc(Cl)cc1. The number of rotatable bonds is 6. The second kappa shape index (κ2) is 8.88. The molecule has 2 aromatic rings. The molecule has 2 aromatic carbocycles. The fourth-order valence-corrected chi connectivity index (χ4v) is 2.97. The minimum absolute atomic E-state index is 0.0622. The van der Waals surface area contributed by atoms with Crippen LogP contribution in [0.25, 0.3) is 0 Å². The average Bonchev–Trinajstić information content (AvgIpc) is 2.67. The smallest absolute Gasteiger partial charge is 0.220 e. The summed E-state index contributed by atoms with van der Waals surface area (Å²) >= 11 is 5.86. The van der Waals surface area contributed by atoms with Crippen LogP contribution in [-0.2, 0) is 22.5 Å². The van der Waals surface area contributed by atoms with E-state index in [0.717, 1.165) is 38.3 Å². The first-order chi connectivity index (χ1) is 12.2. The molecule has 1 heterocycles. The third-order valence-electron chi connectivity index (χ3n) is 4.36. The Morgan fingerprint density at radius 1 is 1.00 bits per heavy atom. The number of ether oxygens (including phenoxy) is 1. The molecule has 5 heteroatoms. The topological polar surface area (TPSA) is 41.6 Å². The molecule has 4 nitrogen and oxygen atoms in total. The summed E-state index contributed by atoms with van der Waals surface area (Å²) in [6.07, 6.45) is 1.24. The molecule has 0 radical (unpaired) electrons. The van der Waals surface area contributed by atoms with Crippen LogP contribution in [0, 0.1) is 0 Å². The minimum atomic E-state index is 0.0622. The van der Waals surface area contributed by atoms with Gasteiger partial charge in [0.15, 0.2) is 0 Å². The molecule has 0 aliphatic carbocycles. The van der Waals surface area contributed by atoms with Crippen LogP contribution < -0.4 is 10.2 Å². The summed E-state index contributed by atoms with van der Waals surface area (Å²) in [5, 5.41) is 3.65. The fourth-order valence-electron chi connectivity index (χ4n) is 2.84. The number of carbonyl (C=O) groups is 1. The van der Waals surface area contributed by atoms with E-state index in [9.17, 15) is 4.79 Å². The summed E-state index contributed by atoms with van der Waals surface area (Å²) < 4.78 is 5.38. The van der Waals surface area contributed by atoms with Crippen molar-refractivity contribution in [1.82, 2.24) is 5.32 Å². The van der Waals surface area contributed by atoms with Crippen LogP contribution in [0.1, 0.15) is 17.5 Å². The van der Waals surface area contributed by atoms with E-state index in [1.165, 1.54) is 11.3 Å². The van der Waals surface area contributed by atoms with E-state index in [0.29, 0.717) is 18.0 Å². The lowest BCUT2D eigenvalue weighted by Gasteiger charge is -2.28. The number of morpholine rings is 1. The number of aryl methyl sites for hydroxylation is 1. The number of carbonyl (C=O) groups excluding carboxylic acids is 1. The Labute approximate surface area is 153 Å². The molecule has 1 aliphatic rings. The highest BCUT2D eigenvalue weighted by atomic mass is 35.5. The molecule has 0 aromatic heterocycles. The van der Waals surface area contributed by atoms with Crippen molar-refractivity contribution in [2.45, 2.75) is 19.4 Å². The van der Waals surface area contributed by atoms with E-state index in [1.807, 2.05) is 24.3 Å². The van der Waals surface area contributed by atoms with Crippen molar-refractivity contribution in [1.29, 1.82) is 0 Å². The van der Waals surface area contributed by atoms with Crippen LogP contribution in [0.5, 0.6) is 0 Å². The first kappa shape index (κ1) is 17.8. The van der Waals surface area contributed by atoms with Gasteiger partial charge < -0.3 is 15.0 Å². The Balaban J connectivity index is 1.43. The lowest BCUT2D eigenvalue weighted by Crippen LogP contribution is -2.36. The molecule has 1 N–H and O–H groups in total. The summed E-state index contributed by atoms with van der Waals surface area (Å²) in [5.74, 6) is 0.0622. The maximum atomic E-state index is 12.0. The van der Waals surface area contributed by atoms with Gasteiger partial charge in [-0.25, -0.2) is 0 Å². The third-order valence-corrected chi connectivity index (χ3v) is 4.61. The van der Waals surface area contributed by atoms with Gasteiger partial charge in [-0.15, -0.1) is 0 Å². The maximum Gasteiger partial charge on any atom is 0.220 e. The largest absolute Gasteiger partial charge is 0.378 e. The van der Waals surface area contributed by atoms with Crippen molar-refractivity contribution < 1.29 is 9.53 Å². The van der Waals surface area contributed by atoms with Crippen LogP contribution in [-0.4, -0.2) is 32.2 Å². The quantitative estimate of drug-likeness (QED) is 0.860.